The summed E-state index contributed by atoms with van der Waals surface area (Å²) in [6.07, 6.45) is 3.87. The molecule has 0 radical (unpaired) electrons. The Balaban J connectivity index is 2.26. The molecule has 2 N–H and O–H groups in total. The van der Waals surface area contributed by atoms with Gasteiger partial charge in [0.25, 0.3) is 0 Å². The third kappa shape index (κ3) is 5.88. The Bertz CT molecular complexity index is 400. The molecule has 3 nitrogen and oxygen atoms in total. The molecule has 0 heterocycles. The number of benzene rings is 1. The van der Waals surface area contributed by atoms with Gasteiger partial charge >= 0.3 is 0 Å². The predicted octanol–water partition coefficient (Wildman–Crippen LogP) is 1.38. The van der Waals surface area contributed by atoms with E-state index in [9.17, 15) is 8.42 Å². The minimum atomic E-state index is -2.94. The van der Waals surface area contributed by atoms with Gasteiger partial charge in [0.05, 0.1) is 5.75 Å². The highest BCUT2D eigenvalue weighted by molar-refractivity contribution is 7.90. The molecule has 0 bridgehead atoms. The molecule has 1 atom stereocenters. The Morgan fingerprint density at radius 3 is 2.44 bits per heavy atom. The second kappa shape index (κ2) is 6.01. The van der Waals surface area contributed by atoms with E-state index in [2.05, 4.69) is 12.1 Å². The van der Waals surface area contributed by atoms with Crippen LogP contribution in [0.5, 0.6) is 0 Å². The van der Waals surface area contributed by atoms with Gasteiger partial charge in [-0.2, -0.15) is 0 Å². The van der Waals surface area contributed by atoms with Gasteiger partial charge in [-0.05, 0) is 24.8 Å². The minimum Gasteiger partial charge on any atom is -0.327 e. The molecule has 4 heteroatoms. The van der Waals surface area contributed by atoms with E-state index < -0.39 is 9.84 Å². The minimum absolute atomic E-state index is 0.0851. The zero-order valence-corrected chi connectivity index (χ0v) is 10.4. The Kier molecular flexibility index (Phi) is 4.96. The number of rotatable bonds is 6. The molecule has 1 rings (SSSR count). The van der Waals surface area contributed by atoms with E-state index in [0.29, 0.717) is 0 Å². The molecule has 0 spiro atoms. The maximum atomic E-state index is 11.0. The SMILES string of the molecule is CS(=O)(=O)CC(N)CCCc1ccccc1. The van der Waals surface area contributed by atoms with Gasteiger partial charge in [0.15, 0.2) is 0 Å². The first kappa shape index (κ1) is 13.2. The van der Waals surface area contributed by atoms with Crippen LogP contribution in [0.1, 0.15) is 18.4 Å². The number of hydrogen-bond donors (Lipinski definition) is 1. The summed E-state index contributed by atoms with van der Waals surface area (Å²) < 4.78 is 22.0. The summed E-state index contributed by atoms with van der Waals surface area (Å²) in [5, 5.41) is 0. The van der Waals surface area contributed by atoms with Gasteiger partial charge in [-0.3, -0.25) is 0 Å². The molecule has 0 saturated heterocycles. The Morgan fingerprint density at radius 2 is 1.88 bits per heavy atom. The van der Waals surface area contributed by atoms with Gasteiger partial charge in [0.2, 0.25) is 0 Å². The lowest BCUT2D eigenvalue weighted by Gasteiger charge is -2.09. The van der Waals surface area contributed by atoms with E-state index in [1.807, 2.05) is 18.2 Å². The number of nitrogens with two attached hydrogens (primary N) is 1. The van der Waals surface area contributed by atoms with Crippen LogP contribution in [0.2, 0.25) is 0 Å². The molecule has 0 aliphatic heterocycles. The molecule has 0 aliphatic rings. The maximum Gasteiger partial charge on any atom is 0.148 e. The van der Waals surface area contributed by atoms with Crippen LogP contribution in [-0.2, 0) is 16.3 Å². The molecule has 0 amide bonds. The molecular formula is C12H19NO2S. The summed E-state index contributed by atoms with van der Waals surface area (Å²) in [5.41, 5.74) is 7.02. The van der Waals surface area contributed by atoms with E-state index in [1.54, 1.807) is 0 Å². The zero-order chi connectivity index (χ0) is 12.0. The fraction of sp³-hybridized carbons (Fsp3) is 0.500. The number of aryl methyl sites for hydroxylation is 1. The van der Waals surface area contributed by atoms with Crippen LogP contribution in [0.3, 0.4) is 0 Å². The Labute approximate surface area is 97.6 Å². The highest BCUT2D eigenvalue weighted by atomic mass is 32.2. The van der Waals surface area contributed by atoms with E-state index in [1.165, 1.54) is 11.8 Å². The van der Waals surface area contributed by atoms with Gasteiger partial charge < -0.3 is 5.73 Å². The Morgan fingerprint density at radius 1 is 1.25 bits per heavy atom. The van der Waals surface area contributed by atoms with Crippen LogP contribution in [0, 0.1) is 0 Å². The first-order valence-electron chi connectivity index (χ1n) is 5.44. The van der Waals surface area contributed by atoms with Crippen molar-refractivity contribution in [2.45, 2.75) is 25.3 Å². The van der Waals surface area contributed by atoms with Crippen LogP contribution in [0.25, 0.3) is 0 Å². The van der Waals surface area contributed by atoms with E-state index in [4.69, 9.17) is 5.73 Å². The normalized spacial score (nSPS) is 13.6. The molecule has 0 aliphatic carbocycles. The van der Waals surface area contributed by atoms with Crippen molar-refractivity contribution >= 4 is 9.84 Å². The monoisotopic (exact) mass is 241 g/mol. The van der Waals surface area contributed by atoms with E-state index in [0.717, 1.165) is 19.3 Å². The molecule has 16 heavy (non-hydrogen) atoms. The van der Waals surface area contributed by atoms with Gasteiger partial charge in [-0.25, -0.2) is 8.42 Å². The van der Waals surface area contributed by atoms with E-state index >= 15 is 0 Å². The highest BCUT2D eigenvalue weighted by Gasteiger charge is 2.10. The molecule has 0 aromatic heterocycles. The van der Waals surface area contributed by atoms with Crippen LogP contribution < -0.4 is 5.73 Å². The van der Waals surface area contributed by atoms with Crippen molar-refractivity contribution in [3.63, 3.8) is 0 Å². The third-order valence-electron chi connectivity index (χ3n) is 2.40. The fourth-order valence-corrected chi connectivity index (χ4v) is 2.63. The molecule has 1 aromatic rings. The molecular weight excluding hydrogens is 222 g/mol. The summed E-state index contributed by atoms with van der Waals surface area (Å²) in [6, 6.07) is 9.90. The lowest BCUT2D eigenvalue weighted by Crippen LogP contribution is -2.29. The second-order valence-corrected chi connectivity index (χ2v) is 6.42. The first-order valence-corrected chi connectivity index (χ1v) is 7.50. The summed E-state index contributed by atoms with van der Waals surface area (Å²) in [6.45, 7) is 0. The summed E-state index contributed by atoms with van der Waals surface area (Å²) >= 11 is 0. The van der Waals surface area contributed by atoms with Crippen LogP contribution >= 0.6 is 0 Å². The van der Waals surface area contributed by atoms with Crippen molar-refractivity contribution in [3.8, 4) is 0 Å². The van der Waals surface area contributed by atoms with Crippen molar-refractivity contribution in [1.29, 1.82) is 0 Å². The lowest BCUT2D eigenvalue weighted by atomic mass is 10.1. The summed E-state index contributed by atoms with van der Waals surface area (Å²) in [7, 11) is -2.94. The topological polar surface area (TPSA) is 60.2 Å². The number of hydrogen-bond acceptors (Lipinski definition) is 3. The largest absolute Gasteiger partial charge is 0.327 e. The van der Waals surface area contributed by atoms with Crippen LogP contribution in [-0.4, -0.2) is 26.5 Å². The average molecular weight is 241 g/mol. The molecule has 0 saturated carbocycles. The van der Waals surface area contributed by atoms with Gasteiger partial charge in [0, 0.05) is 12.3 Å². The maximum absolute atomic E-state index is 11.0. The quantitative estimate of drug-likeness (QED) is 0.818. The highest BCUT2D eigenvalue weighted by Crippen LogP contribution is 2.06. The van der Waals surface area contributed by atoms with Crippen molar-refractivity contribution in [1.82, 2.24) is 0 Å². The van der Waals surface area contributed by atoms with Crippen molar-refractivity contribution in [3.05, 3.63) is 35.9 Å². The zero-order valence-electron chi connectivity index (χ0n) is 9.59. The lowest BCUT2D eigenvalue weighted by molar-refractivity contribution is 0.576. The molecule has 90 valence electrons. The van der Waals surface area contributed by atoms with Crippen molar-refractivity contribution < 1.29 is 8.42 Å². The van der Waals surface area contributed by atoms with E-state index in [-0.39, 0.29) is 11.8 Å². The third-order valence-corrected chi connectivity index (χ3v) is 3.43. The van der Waals surface area contributed by atoms with Crippen molar-refractivity contribution in [2.24, 2.45) is 5.73 Å². The molecule has 1 aromatic carbocycles. The average Bonchev–Trinajstić information content (AvgIpc) is 2.16. The van der Waals surface area contributed by atoms with Crippen molar-refractivity contribution in [2.75, 3.05) is 12.0 Å². The second-order valence-electron chi connectivity index (χ2n) is 4.23. The van der Waals surface area contributed by atoms with Gasteiger partial charge in [-0.1, -0.05) is 30.3 Å². The smallest absolute Gasteiger partial charge is 0.148 e. The van der Waals surface area contributed by atoms with Crippen LogP contribution in [0.4, 0.5) is 0 Å². The number of sulfone groups is 1. The molecule has 0 fully saturated rings. The molecule has 1 unspecified atom stereocenters. The first-order chi connectivity index (χ1) is 7.47. The van der Waals surface area contributed by atoms with Crippen LogP contribution in [0.15, 0.2) is 30.3 Å². The van der Waals surface area contributed by atoms with Gasteiger partial charge in [0.1, 0.15) is 9.84 Å². The van der Waals surface area contributed by atoms with Gasteiger partial charge in [-0.15, -0.1) is 0 Å². The fourth-order valence-electron chi connectivity index (χ4n) is 1.69. The standard InChI is InChI=1S/C12H19NO2S/c1-16(14,15)10-12(13)9-5-8-11-6-3-2-4-7-11/h2-4,6-7,12H,5,8-10,13H2,1H3. The Hall–Kier alpha value is -0.870. The predicted molar refractivity (Wildman–Crippen MR) is 67.1 cm³/mol. The summed E-state index contributed by atoms with van der Waals surface area (Å²) in [5.74, 6) is 0.0851. The summed E-state index contributed by atoms with van der Waals surface area (Å²) in [4.78, 5) is 0.